The maximum Gasteiger partial charge on any atom is 0.191 e. The Morgan fingerprint density at radius 2 is 1.93 bits per heavy atom. The number of nitrogens with one attached hydrogen (secondary N) is 2. The molecule has 0 amide bonds. The smallest absolute Gasteiger partial charge is 0.191 e. The van der Waals surface area contributed by atoms with Gasteiger partial charge < -0.3 is 19.9 Å². The molecule has 0 atom stereocenters. The number of nitrogens with zero attached hydrogens (tertiary/aromatic N) is 3. The summed E-state index contributed by atoms with van der Waals surface area (Å²) in [6.45, 7) is 16.6. The van der Waals surface area contributed by atoms with E-state index in [1.807, 2.05) is 6.07 Å². The highest BCUT2D eigenvalue weighted by Crippen LogP contribution is 2.22. The molecule has 0 saturated carbocycles. The van der Waals surface area contributed by atoms with Crippen LogP contribution in [0.4, 0.5) is 0 Å². The van der Waals surface area contributed by atoms with Crippen molar-refractivity contribution in [2.75, 3.05) is 39.4 Å². The summed E-state index contributed by atoms with van der Waals surface area (Å²) in [4.78, 5) is 7.14. The Kier molecular flexibility index (Phi) is 8.57. The van der Waals surface area contributed by atoms with Crippen LogP contribution in [0.3, 0.4) is 0 Å². The van der Waals surface area contributed by atoms with Crippen LogP contribution in [0.15, 0.2) is 15.6 Å². The van der Waals surface area contributed by atoms with Gasteiger partial charge in [-0.2, -0.15) is 0 Å². The average Bonchev–Trinajstić information content (AvgIpc) is 3.14. The number of morpholine rings is 1. The van der Waals surface area contributed by atoms with E-state index in [0.717, 1.165) is 69.6 Å². The molecule has 1 aliphatic rings. The maximum atomic E-state index is 5.48. The molecule has 7 heteroatoms. The molecule has 1 fully saturated rings. The normalized spacial score (nSPS) is 16.7. The Morgan fingerprint density at radius 1 is 1.22 bits per heavy atom. The molecule has 1 aromatic heterocycles. The predicted molar refractivity (Wildman–Crippen MR) is 109 cm³/mol. The second-order valence-electron chi connectivity index (χ2n) is 7.69. The standard InChI is InChI=1S/C20H37N5O2/c1-6-16(7-2)18-13-17(27-24-18)14-22-19(21-8-3)23-15-20(4,5)25-9-11-26-12-10-25/h13,16H,6-12,14-15H2,1-5H3,(H2,21,22,23). The van der Waals surface area contributed by atoms with Crippen molar-refractivity contribution in [3.8, 4) is 0 Å². The molecular weight excluding hydrogens is 342 g/mol. The van der Waals surface area contributed by atoms with Gasteiger partial charge in [-0.05, 0) is 33.6 Å². The molecule has 0 unspecified atom stereocenters. The Labute approximate surface area is 163 Å². The second-order valence-corrected chi connectivity index (χ2v) is 7.69. The van der Waals surface area contributed by atoms with Gasteiger partial charge in [0.2, 0.25) is 0 Å². The summed E-state index contributed by atoms with van der Waals surface area (Å²) in [5, 5.41) is 11.0. The zero-order chi connectivity index (χ0) is 19.7. The van der Waals surface area contributed by atoms with E-state index < -0.39 is 0 Å². The summed E-state index contributed by atoms with van der Waals surface area (Å²) in [7, 11) is 0. The largest absolute Gasteiger partial charge is 0.379 e. The number of rotatable bonds is 9. The summed E-state index contributed by atoms with van der Waals surface area (Å²) >= 11 is 0. The summed E-state index contributed by atoms with van der Waals surface area (Å²) in [6.07, 6.45) is 2.15. The van der Waals surface area contributed by atoms with E-state index in [-0.39, 0.29) is 5.54 Å². The van der Waals surface area contributed by atoms with Gasteiger partial charge in [0.05, 0.1) is 18.9 Å². The molecule has 27 heavy (non-hydrogen) atoms. The summed E-state index contributed by atoms with van der Waals surface area (Å²) in [5.41, 5.74) is 1.08. The van der Waals surface area contributed by atoms with E-state index in [0.29, 0.717) is 12.5 Å². The van der Waals surface area contributed by atoms with Crippen molar-refractivity contribution in [3.05, 3.63) is 17.5 Å². The molecule has 7 nitrogen and oxygen atoms in total. The minimum Gasteiger partial charge on any atom is -0.379 e. The van der Waals surface area contributed by atoms with Crippen LogP contribution in [0.25, 0.3) is 0 Å². The van der Waals surface area contributed by atoms with Crippen molar-refractivity contribution < 1.29 is 9.26 Å². The fourth-order valence-electron chi connectivity index (χ4n) is 3.38. The van der Waals surface area contributed by atoms with E-state index in [1.165, 1.54) is 0 Å². The van der Waals surface area contributed by atoms with Crippen LogP contribution in [0.2, 0.25) is 0 Å². The van der Waals surface area contributed by atoms with Crippen molar-refractivity contribution >= 4 is 5.96 Å². The molecule has 1 aliphatic heterocycles. The topological polar surface area (TPSA) is 74.9 Å². The third-order valence-corrected chi connectivity index (χ3v) is 5.27. The number of aliphatic imine (C=N–C) groups is 1. The van der Waals surface area contributed by atoms with Crippen LogP contribution < -0.4 is 10.6 Å². The lowest BCUT2D eigenvalue weighted by molar-refractivity contribution is -0.00834. The van der Waals surface area contributed by atoms with E-state index in [4.69, 9.17) is 9.26 Å². The fraction of sp³-hybridized carbons (Fsp3) is 0.800. The minimum absolute atomic E-state index is 0.0366. The Balaban J connectivity index is 1.93. The van der Waals surface area contributed by atoms with E-state index in [1.54, 1.807) is 0 Å². The molecule has 2 N–H and O–H groups in total. The molecular formula is C20H37N5O2. The summed E-state index contributed by atoms with van der Waals surface area (Å²) in [6, 6.07) is 2.04. The number of ether oxygens (including phenoxy) is 1. The summed E-state index contributed by atoms with van der Waals surface area (Å²) in [5.74, 6) is 2.08. The maximum absolute atomic E-state index is 5.48. The molecule has 2 heterocycles. The molecule has 0 aromatic carbocycles. The van der Waals surface area contributed by atoms with E-state index >= 15 is 0 Å². The molecule has 1 aromatic rings. The van der Waals surface area contributed by atoms with Gasteiger partial charge in [0.1, 0.15) is 6.54 Å². The van der Waals surface area contributed by atoms with Crippen molar-refractivity contribution in [1.29, 1.82) is 0 Å². The van der Waals surface area contributed by atoms with Crippen molar-refractivity contribution in [2.24, 2.45) is 4.99 Å². The van der Waals surface area contributed by atoms with Crippen molar-refractivity contribution in [2.45, 2.75) is 65.5 Å². The Morgan fingerprint density at radius 3 is 2.56 bits per heavy atom. The minimum atomic E-state index is 0.0366. The second kappa shape index (κ2) is 10.7. The first-order chi connectivity index (χ1) is 13.0. The molecule has 154 valence electrons. The van der Waals surface area contributed by atoms with Crippen LogP contribution in [0, 0.1) is 0 Å². The molecule has 0 aliphatic carbocycles. The highest BCUT2D eigenvalue weighted by atomic mass is 16.5. The molecule has 2 rings (SSSR count). The fourth-order valence-corrected chi connectivity index (χ4v) is 3.38. The van der Waals surface area contributed by atoms with Gasteiger partial charge in [-0.1, -0.05) is 19.0 Å². The monoisotopic (exact) mass is 379 g/mol. The number of hydrogen-bond donors (Lipinski definition) is 2. The van der Waals surface area contributed by atoms with Crippen LogP contribution in [-0.2, 0) is 11.3 Å². The van der Waals surface area contributed by atoms with Gasteiger partial charge >= 0.3 is 0 Å². The van der Waals surface area contributed by atoms with E-state index in [9.17, 15) is 0 Å². The first-order valence-corrected chi connectivity index (χ1v) is 10.3. The molecule has 1 saturated heterocycles. The van der Waals surface area contributed by atoms with Gasteiger partial charge in [-0.25, -0.2) is 4.99 Å². The van der Waals surface area contributed by atoms with Gasteiger partial charge in [0.15, 0.2) is 11.7 Å². The van der Waals surface area contributed by atoms with Crippen LogP contribution >= 0.6 is 0 Å². The number of aromatic nitrogens is 1. The van der Waals surface area contributed by atoms with E-state index in [2.05, 4.69) is 60.3 Å². The lowest BCUT2D eigenvalue weighted by atomic mass is 9.99. The van der Waals surface area contributed by atoms with Gasteiger partial charge in [0.25, 0.3) is 0 Å². The molecule has 0 bridgehead atoms. The summed E-state index contributed by atoms with van der Waals surface area (Å²) < 4.78 is 11.0. The lowest BCUT2D eigenvalue weighted by Crippen LogP contribution is -2.56. The highest BCUT2D eigenvalue weighted by molar-refractivity contribution is 5.79. The van der Waals surface area contributed by atoms with Gasteiger partial charge in [0, 0.05) is 43.7 Å². The Bertz CT molecular complexity index is 575. The Hall–Kier alpha value is -1.60. The number of guanidine groups is 1. The SMILES string of the molecule is CCNC(=NCc1cc(C(CC)CC)no1)NCC(C)(C)N1CCOCC1. The third-order valence-electron chi connectivity index (χ3n) is 5.27. The average molecular weight is 380 g/mol. The van der Waals surface area contributed by atoms with Crippen molar-refractivity contribution in [1.82, 2.24) is 20.7 Å². The van der Waals surface area contributed by atoms with Gasteiger partial charge in [-0.15, -0.1) is 0 Å². The zero-order valence-electron chi connectivity index (χ0n) is 17.7. The third kappa shape index (κ3) is 6.50. The molecule has 0 radical (unpaired) electrons. The predicted octanol–water partition coefficient (Wildman–Crippen LogP) is 2.74. The van der Waals surface area contributed by atoms with Gasteiger partial charge in [-0.3, -0.25) is 4.90 Å². The van der Waals surface area contributed by atoms with Crippen LogP contribution in [0.5, 0.6) is 0 Å². The lowest BCUT2D eigenvalue weighted by Gasteiger charge is -2.41. The zero-order valence-corrected chi connectivity index (χ0v) is 17.7. The van der Waals surface area contributed by atoms with Crippen molar-refractivity contribution in [3.63, 3.8) is 0 Å². The van der Waals surface area contributed by atoms with Crippen LogP contribution in [0.1, 0.15) is 64.8 Å². The molecule has 0 spiro atoms. The van der Waals surface area contributed by atoms with Crippen LogP contribution in [-0.4, -0.2) is 60.9 Å². The first-order valence-electron chi connectivity index (χ1n) is 10.3. The first kappa shape index (κ1) is 21.7. The quantitative estimate of drug-likeness (QED) is 0.508. The number of hydrogen-bond acceptors (Lipinski definition) is 5. The highest BCUT2D eigenvalue weighted by Gasteiger charge is 2.28.